The zero-order valence-corrected chi connectivity index (χ0v) is 11.9. The number of carbonyl (C=O) groups excluding carboxylic acids is 1. The quantitative estimate of drug-likeness (QED) is 0.823. The predicted molar refractivity (Wildman–Crippen MR) is 70.1 cm³/mol. The number of rotatable bonds is 2. The maximum atomic E-state index is 13.4. The van der Waals surface area contributed by atoms with E-state index in [4.69, 9.17) is 5.73 Å². The van der Waals surface area contributed by atoms with Gasteiger partial charge in [0.05, 0.1) is 16.2 Å². The van der Waals surface area contributed by atoms with E-state index in [-0.39, 0.29) is 10.2 Å². The van der Waals surface area contributed by atoms with Gasteiger partial charge in [-0.2, -0.15) is 0 Å². The van der Waals surface area contributed by atoms with E-state index in [9.17, 15) is 13.6 Å². The van der Waals surface area contributed by atoms with E-state index < -0.39 is 29.0 Å². The number of hydrogen-bond acceptors (Lipinski definition) is 2. The van der Waals surface area contributed by atoms with E-state index in [1.807, 2.05) is 0 Å². The number of anilines is 1. The van der Waals surface area contributed by atoms with Crippen molar-refractivity contribution in [2.75, 3.05) is 5.32 Å². The summed E-state index contributed by atoms with van der Waals surface area (Å²) in [6.45, 7) is 5.40. The first kappa shape index (κ1) is 15.0. The average molecular weight is 321 g/mol. The van der Waals surface area contributed by atoms with Gasteiger partial charge >= 0.3 is 0 Å². The zero-order valence-electron chi connectivity index (χ0n) is 10.4. The topological polar surface area (TPSA) is 55.1 Å². The molecule has 0 spiro atoms. The van der Waals surface area contributed by atoms with Gasteiger partial charge < -0.3 is 11.1 Å². The molecule has 100 valence electrons. The Kier molecular flexibility index (Phi) is 4.45. The highest BCUT2D eigenvalue weighted by atomic mass is 79.9. The monoisotopic (exact) mass is 320 g/mol. The highest BCUT2D eigenvalue weighted by Crippen LogP contribution is 2.25. The van der Waals surface area contributed by atoms with Crippen LogP contribution >= 0.6 is 15.9 Å². The average Bonchev–Trinajstić information content (AvgIpc) is 2.23. The smallest absolute Gasteiger partial charge is 0.241 e. The van der Waals surface area contributed by atoms with Crippen LogP contribution in [0.4, 0.5) is 14.5 Å². The minimum absolute atomic E-state index is 0.0727. The van der Waals surface area contributed by atoms with E-state index in [2.05, 4.69) is 21.2 Å². The molecule has 0 saturated heterocycles. The van der Waals surface area contributed by atoms with Crippen molar-refractivity contribution in [2.24, 2.45) is 11.1 Å². The van der Waals surface area contributed by atoms with Gasteiger partial charge in [0.1, 0.15) is 11.6 Å². The first-order valence-electron chi connectivity index (χ1n) is 5.34. The second-order valence-electron chi connectivity index (χ2n) is 5.08. The minimum Gasteiger partial charge on any atom is -0.322 e. The summed E-state index contributed by atoms with van der Waals surface area (Å²) in [5.74, 6) is -2.09. The molecule has 18 heavy (non-hydrogen) atoms. The lowest BCUT2D eigenvalue weighted by Crippen LogP contribution is -2.45. The summed E-state index contributed by atoms with van der Waals surface area (Å²) in [7, 11) is 0. The van der Waals surface area contributed by atoms with Gasteiger partial charge in [0.15, 0.2) is 0 Å². The van der Waals surface area contributed by atoms with E-state index in [1.165, 1.54) is 0 Å². The molecule has 0 aliphatic rings. The van der Waals surface area contributed by atoms with Gasteiger partial charge in [-0.1, -0.05) is 20.8 Å². The maximum absolute atomic E-state index is 13.4. The van der Waals surface area contributed by atoms with Crippen molar-refractivity contribution in [1.29, 1.82) is 0 Å². The van der Waals surface area contributed by atoms with Crippen LogP contribution in [0, 0.1) is 17.0 Å². The van der Waals surface area contributed by atoms with Crippen molar-refractivity contribution in [3.8, 4) is 0 Å². The lowest BCUT2D eigenvalue weighted by Gasteiger charge is -2.25. The summed E-state index contributed by atoms with van der Waals surface area (Å²) in [5.41, 5.74) is 5.19. The second kappa shape index (κ2) is 5.32. The van der Waals surface area contributed by atoms with Crippen LogP contribution in [0.25, 0.3) is 0 Å². The van der Waals surface area contributed by atoms with Crippen molar-refractivity contribution in [1.82, 2.24) is 0 Å². The van der Waals surface area contributed by atoms with Crippen LogP contribution in [-0.4, -0.2) is 11.9 Å². The van der Waals surface area contributed by atoms with Gasteiger partial charge in [-0.25, -0.2) is 8.78 Å². The van der Waals surface area contributed by atoms with Crippen LogP contribution < -0.4 is 11.1 Å². The predicted octanol–water partition coefficient (Wildman–Crippen LogP) is 3.04. The van der Waals surface area contributed by atoms with E-state index >= 15 is 0 Å². The Labute approximate surface area is 113 Å². The first-order valence-corrected chi connectivity index (χ1v) is 6.13. The molecule has 6 heteroatoms. The van der Waals surface area contributed by atoms with Gasteiger partial charge in [-0.3, -0.25) is 4.79 Å². The maximum Gasteiger partial charge on any atom is 0.241 e. The van der Waals surface area contributed by atoms with Gasteiger partial charge in [0, 0.05) is 6.07 Å². The van der Waals surface area contributed by atoms with Crippen molar-refractivity contribution in [3.63, 3.8) is 0 Å². The van der Waals surface area contributed by atoms with Crippen LogP contribution in [0.2, 0.25) is 0 Å². The van der Waals surface area contributed by atoms with Crippen LogP contribution in [0.3, 0.4) is 0 Å². The number of amides is 1. The van der Waals surface area contributed by atoms with Crippen LogP contribution in [0.15, 0.2) is 16.6 Å². The fourth-order valence-corrected chi connectivity index (χ4v) is 1.57. The van der Waals surface area contributed by atoms with Crippen molar-refractivity contribution < 1.29 is 13.6 Å². The third-order valence-corrected chi connectivity index (χ3v) is 3.09. The minimum atomic E-state index is -0.842. The number of nitrogens with one attached hydrogen (secondary N) is 1. The SMILES string of the molecule is CC(C)(C)[C@@H](N)C(=O)Nc1cc(Br)c(F)cc1F. The second-order valence-corrected chi connectivity index (χ2v) is 5.93. The molecule has 0 bridgehead atoms. The lowest BCUT2D eigenvalue weighted by molar-refractivity contribution is -0.119. The molecule has 1 aromatic rings. The summed E-state index contributed by atoms with van der Waals surface area (Å²) in [6, 6.07) is 1.07. The summed E-state index contributed by atoms with van der Waals surface area (Å²) in [5, 5.41) is 2.35. The Morgan fingerprint density at radius 2 is 1.89 bits per heavy atom. The Morgan fingerprint density at radius 3 is 2.39 bits per heavy atom. The molecule has 1 aromatic carbocycles. The summed E-state index contributed by atoms with van der Waals surface area (Å²) < 4.78 is 26.5. The first-order chi connectivity index (χ1) is 8.12. The summed E-state index contributed by atoms with van der Waals surface area (Å²) in [4.78, 5) is 11.8. The molecule has 3 N–H and O–H groups in total. The standard InChI is InChI=1S/C12H15BrF2N2O/c1-12(2,3)10(16)11(18)17-9-4-6(13)7(14)5-8(9)15/h4-5,10H,16H2,1-3H3,(H,17,18)/t10-/m0/s1. The van der Waals surface area contributed by atoms with Gasteiger partial charge in [0.2, 0.25) is 5.91 Å². The third-order valence-electron chi connectivity index (χ3n) is 2.48. The number of hydrogen-bond donors (Lipinski definition) is 2. The van der Waals surface area contributed by atoms with Crippen molar-refractivity contribution in [3.05, 3.63) is 28.2 Å². The lowest BCUT2D eigenvalue weighted by atomic mass is 9.87. The molecule has 1 amide bonds. The molecule has 0 fully saturated rings. The summed E-state index contributed by atoms with van der Waals surface area (Å²) in [6.07, 6.45) is 0. The largest absolute Gasteiger partial charge is 0.322 e. The molecule has 0 unspecified atom stereocenters. The Balaban J connectivity index is 2.92. The number of carbonyl (C=O) groups is 1. The van der Waals surface area contributed by atoms with Gasteiger partial charge in [-0.05, 0) is 27.4 Å². The fourth-order valence-electron chi connectivity index (χ4n) is 1.22. The van der Waals surface area contributed by atoms with E-state index in [0.717, 1.165) is 6.07 Å². The van der Waals surface area contributed by atoms with E-state index in [0.29, 0.717) is 6.07 Å². The number of nitrogens with two attached hydrogens (primary N) is 1. The molecular weight excluding hydrogens is 306 g/mol. The Hall–Kier alpha value is -1.01. The van der Waals surface area contributed by atoms with E-state index in [1.54, 1.807) is 20.8 Å². The van der Waals surface area contributed by atoms with Crippen LogP contribution in [0.1, 0.15) is 20.8 Å². The zero-order chi connectivity index (χ0) is 14.1. The molecule has 0 heterocycles. The highest BCUT2D eigenvalue weighted by molar-refractivity contribution is 9.10. The molecule has 0 aliphatic heterocycles. The molecule has 1 rings (SSSR count). The number of benzene rings is 1. The number of halogens is 3. The Morgan fingerprint density at radius 1 is 1.33 bits per heavy atom. The van der Waals surface area contributed by atoms with Gasteiger partial charge in [-0.15, -0.1) is 0 Å². The molecule has 0 radical (unpaired) electrons. The molecule has 0 aliphatic carbocycles. The fraction of sp³-hybridized carbons (Fsp3) is 0.417. The molecule has 1 atom stereocenters. The molecule has 3 nitrogen and oxygen atoms in total. The van der Waals surface area contributed by atoms with Crippen LogP contribution in [0.5, 0.6) is 0 Å². The molecule has 0 saturated carbocycles. The van der Waals surface area contributed by atoms with Gasteiger partial charge in [0.25, 0.3) is 0 Å². The molecule has 0 aromatic heterocycles. The third kappa shape index (κ3) is 3.49. The van der Waals surface area contributed by atoms with Crippen molar-refractivity contribution in [2.45, 2.75) is 26.8 Å². The van der Waals surface area contributed by atoms with Crippen molar-refractivity contribution >= 4 is 27.5 Å². The van der Waals surface area contributed by atoms with Crippen LogP contribution in [-0.2, 0) is 4.79 Å². The normalized spacial score (nSPS) is 13.3. The Bertz CT molecular complexity index is 472. The molecular formula is C12H15BrF2N2O. The summed E-state index contributed by atoms with van der Waals surface area (Å²) >= 11 is 2.92. The highest BCUT2D eigenvalue weighted by Gasteiger charge is 2.28.